The number of hydrogen-bond acceptors (Lipinski definition) is 6. The molecule has 8 nitrogen and oxygen atoms in total. The SMILES string of the molecule is Cc1ccnc(N2CCC(C(=O)N3CCc4[nH]c(N5CCOCC5)nc4-c4cc(F)ccc43)CC2)c1. The van der Waals surface area contributed by atoms with E-state index < -0.39 is 0 Å². The molecule has 36 heavy (non-hydrogen) atoms. The first-order chi connectivity index (χ1) is 17.6. The number of aryl methyl sites for hydroxylation is 1. The number of nitrogens with one attached hydrogen (secondary N) is 1. The molecule has 1 N–H and O–H groups in total. The molecule has 5 heterocycles. The number of ether oxygens (including phenoxy) is 1. The van der Waals surface area contributed by atoms with Crippen molar-refractivity contribution in [3.8, 4) is 11.3 Å². The summed E-state index contributed by atoms with van der Waals surface area (Å²) in [5, 5.41) is 0. The summed E-state index contributed by atoms with van der Waals surface area (Å²) in [4.78, 5) is 32.9. The van der Waals surface area contributed by atoms with Crippen molar-refractivity contribution in [3.63, 3.8) is 0 Å². The minimum atomic E-state index is -0.330. The zero-order valence-corrected chi connectivity index (χ0v) is 20.5. The van der Waals surface area contributed by atoms with Crippen molar-refractivity contribution in [1.29, 1.82) is 0 Å². The van der Waals surface area contributed by atoms with Gasteiger partial charge in [0, 0.05) is 62.5 Å². The molecule has 0 saturated carbocycles. The van der Waals surface area contributed by atoms with Crippen molar-refractivity contribution in [1.82, 2.24) is 15.0 Å². The molecule has 2 saturated heterocycles. The Morgan fingerprint density at radius 3 is 2.64 bits per heavy atom. The molecule has 0 spiro atoms. The summed E-state index contributed by atoms with van der Waals surface area (Å²) in [6.07, 6.45) is 4.02. The Morgan fingerprint density at radius 1 is 1.06 bits per heavy atom. The molecule has 0 aliphatic carbocycles. The molecule has 1 amide bonds. The highest BCUT2D eigenvalue weighted by Crippen LogP contribution is 2.38. The number of aromatic nitrogens is 3. The van der Waals surface area contributed by atoms with Gasteiger partial charge in [-0.05, 0) is 55.7 Å². The largest absolute Gasteiger partial charge is 0.378 e. The van der Waals surface area contributed by atoms with Gasteiger partial charge < -0.3 is 24.4 Å². The topological polar surface area (TPSA) is 77.6 Å². The van der Waals surface area contributed by atoms with Crippen LogP contribution in [0.3, 0.4) is 0 Å². The van der Waals surface area contributed by atoms with Gasteiger partial charge in [-0.15, -0.1) is 0 Å². The van der Waals surface area contributed by atoms with Crippen LogP contribution in [0.1, 0.15) is 24.1 Å². The highest BCUT2D eigenvalue weighted by Gasteiger charge is 2.33. The van der Waals surface area contributed by atoms with E-state index in [0.717, 1.165) is 67.9 Å². The van der Waals surface area contributed by atoms with E-state index >= 15 is 0 Å². The van der Waals surface area contributed by atoms with E-state index in [9.17, 15) is 9.18 Å². The van der Waals surface area contributed by atoms with Gasteiger partial charge in [0.05, 0.1) is 24.6 Å². The van der Waals surface area contributed by atoms with E-state index in [1.807, 2.05) is 17.2 Å². The Balaban J connectivity index is 1.23. The predicted molar refractivity (Wildman–Crippen MR) is 137 cm³/mol. The lowest BCUT2D eigenvalue weighted by molar-refractivity contribution is -0.123. The Bertz CT molecular complexity index is 1260. The van der Waals surface area contributed by atoms with Crippen molar-refractivity contribution in [2.75, 3.05) is 60.6 Å². The summed E-state index contributed by atoms with van der Waals surface area (Å²) in [6, 6.07) is 8.76. The van der Waals surface area contributed by atoms with E-state index in [2.05, 4.69) is 32.8 Å². The number of halogens is 1. The minimum absolute atomic E-state index is 0.0720. The van der Waals surface area contributed by atoms with Gasteiger partial charge in [-0.3, -0.25) is 4.79 Å². The number of hydrogen-bond donors (Lipinski definition) is 1. The highest BCUT2D eigenvalue weighted by molar-refractivity contribution is 5.99. The molecule has 2 fully saturated rings. The predicted octanol–water partition coefficient (Wildman–Crippen LogP) is 3.56. The fraction of sp³-hybridized carbons (Fsp3) is 0.444. The smallest absolute Gasteiger partial charge is 0.230 e. The summed E-state index contributed by atoms with van der Waals surface area (Å²) < 4.78 is 19.9. The first-order valence-electron chi connectivity index (χ1n) is 12.8. The number of carbonyl (C=O) groups is 1. The summed E-state index contributed by atoms with van der Waals surface area (Å²) in [5.41, 5.74) is 4.27. The zero-order chi connectivity index (χ0) is 24.6. The average Bonchev–Trinajstić information content (AvgIpc) is 3.28. The van der Waals surface area contributed by atoms with Crippen LogP contribution in [0.5, 0.6) is 0 Å². The summed E-state index contributed by atoms with van der Waals surface area (Å²) >= 11 is 0. The molecule has 0 atom stereocenters. The second-order valence-electron chi connectivity index (χ2n) is 9.84. The van der Waals surface area contributed by atoms with Gasteiger partial charge in [-0.1, -0.05) is 0 Å². The molecule has 3 aromatic rings. The monoisotopic (exact) mass is 490 g/mol. The first-order valence-corrected chi connectivity index (χ1v) is 12.8. The van der Waals surface area contributed by atoms with E-state index in [4.69, 9.17) is 9.72 Å². The van der Waals surface area contributed by atoms with Crippen molar-refractivity contribution in [3.05, 3.63) is 53.6 Å². The second-order valence-corrected chi connectivity index (χ2v) is 9.84. The molecular formula is C27H31FN6O2. The number of piperidine rings is 1. The number of nitrogens with zero attached hydrogens (tertiary/aromatic N) is 5. The number of carbonyl (C=O) groups excluding carboxylic acids is 1. The fourth-order valence-electron chi connectivity index (χ4n) is 5.50. The van der Waals surface area contributed by atoms with Gasteiger partial charge in [-0.25, -0.2) is 14.4 Å². The van der Waals surface area contributed by atoms with Gasteiger partial charge in [0.2, 0.25) is 11.9 Å². The van der Waals surface area contributed by atoms with Crippen LogP contribution in [0.25, 0.3) is 11.3 Å². The van der Waals surface area contributed by atoms with Crippen LogP contribution in [0.15, 0.2) is 36.5 Å². The fourth-order valence-corrected chi connectivity index (χ4v) is 5.50. The van der Waals surface area contributed by atoms with E-state index in [1.165, 1.54) is 17.7 Å². The number of anilines is 3. The Hall–Kier alpha value is -3.46. The molecule has 0 unspecified atom stereocenters. The third-order valence-corrected chi connectivity index (χ3v) is 7.50. The number of H-pyrrole nitrogens is 1. The van der Waals surface area contributed by atoms with E-state index in [0.29, 0.717) is 31.7 Å². The van der Waals surface area contributed by atoms with Crippen LogP contribution >= 0.6 is 0 Å². The summed E-state index contributed by atoms with van der Waals surface area (Å²) in [7, 11) is 0. The lowest BCUT2D eigenvalue weighted by Crippen LogP contribution is -2.43. The third kappa shape index (κ3) is 4.32. The Morgan fingerprint density at radius 2 is 1.86 bits per heavy atom. The third-order valence-electron chi connectivity index (χ3n) is 7.50. The van der Waals surface area contributed by atoms with Crippen molar-refractivity contribution >= 4 is 23.4 Å². The molecule has 3 aliphatic rings. The number of rotatable bonds is 3. The number of imidazole rings is 1. The maximum absolute atomic E-state index is 14.4. The molecule has 1 aromatic carbocycles. The highest BCUT2D eigenvalue weighted by atomic mass is 19.1. The standard InChI is InChI=1S/C27H31FN6O2/c1-18-4-8-29-24(16-18)32-9-5-19(6-10-32)26(35)34-11-7-22-25(21-17-20(28)2-3-23(21)34)31-27(30-22)33-12-14-36-15-13-33/h2-4,8,16-17,19H,5-7,9-15H2,1H3,(H,30,31). The van der Waals surface area contributed by atoms with Crippen molar-refractivity contribution < 1.29 is 13.9 Å². The quantitative estimate of drug-likeness (QED) is 0.605. The van der Waals surface area contributed by atoms with Crippen LogP contribution in [0.2, 0.25) is 0 Å². The molecule has 3 aliphatic heterocycles. The number of morpholine rings is 1. The maximum Gasteiger partial charge on any atom is 0.230 e. The number of pyridine rings is 1. The van der Waals surface area contributed by atoms with Gasteiger partial charge in [-0.2, -0.15) is 0 Å². The Labute approximate surface area is 210 Å². The normalized spacial score (nSPS) is 18.6. The molecule has 6 rings (SSSR count). The summed E-state index contributed by atoms with van der Waals surface area (Å²) in [5.74, 6) is 1.46. The van der Waals surface area contributed by atoms with Crippen LogP contribution < -0.4 is 14.7 Å². The van der Waals surface area contributed by atoms with E-state index in [1.54, 1.807) is 6.07 Å². The lowest BCUT2D eigenvalue weighted by Gasteiger charge is -2.35. The second kappa shape index (κ2) is 9.54. The summed E-state index contributed by atoms with van der Waals surface area (Å²) in [6.45, 7) is 7.05. The number of amides is 1. The molecule has 0 radical (unpaired) electrons. The molecule has 188 valence electrons. The van der Waals surface area contributed by atoms with Gasteiger partial charge in [0.15, 0.2) is 0 Å². The molecule has 2 aromatic heterocycles. The lowest BCUT2D eigenvalue weighted by atomic mass is 9.94. The Kier molecular flexibility index (Phi) is 6.08. The maximum atomic E-state index is 14.4. The van der Waals surface area contributed by atoms with Crippen LogP contribution in [-0.2, 0) is 16.0 Å². The molecule has 0 bridgehead atoms. The molecular weight excluding hydrogens is 459 g/mol. The van der Waals surface area contributed by atoms with E-state index in [-0.39, 0.29) is 17.6 Å². The molecule has 9 heteroatoms. The number of benzene rings is 1. The van der Waals surface area contributed by atoms with Crippen molar-refractivity contribution in [2.24, 2.45) is 5.92 Å². The zero-order valence-electron chi connectivity index (χ0n) is 20.5. The van der Waals surface area contributed by atoms with Gasteiger partial charge in [0.25, 0.3) is 0 Å². The van der Waals surface area contributed by atoms with Crippen molar-refractivity contribution in [2.45, 2.75) is 26.2 Å². The number of fused-ring (bicyclic) bond motifs is 3. The minimum Gasteiger partial charge on any atom is -0.378 e. The average molecular weight is 491 g/mol. The van der Waals surface area contributed by atoms with Gasteiger partial charge in [0.1, 0.15) is 11.6 Å². The number of aromatic amines is 1. The van der Waals surface area contributed by atoms with Gasteiger partial charge >= 0.3 is 0 Å². The van der Waals surface area contributed by atoms with Crippen LogP contribution in [0.4, 0.5) is 21.8 Å². The first kappa shape index (κ1) is 23.0. The van der Waals surface area contributed by atoms with Crippen LogP contribution in [0, 0.1) is 18.7 Å². The van der Waals surface area contributed by atoms with Crippen LogP contribution in [-0.4, -0.2) is 66.8 Å².